The SMILES string of the molecule is C[C@@H]1CN([C@H](C)CO)C(=O)c2cc(NS(=O)(=O)c3ccc(F)cc3)ccc2O[C@@H](C)CCCCO[C@@H]1CN(C)Cc1ccncc1. The summed E-state index contributed by atoms with van der Waals surface area (Å²) in [6.07, 6.45) is 5.56. The zero-order valence-corrected chi connectivity index (χ0v) is 27.7. The number of sulfonamides is 1. The third-order valence-electron chi connectivity index (χ3n) is 8.12. The van der Waals surface area contributed by atoms with Gasteiger partial charge in [0.15, 0.2) is 0 Å². The monoisotopic (exact) mass is 656 g/mol. The van der Waals surface area contributed by atoms with Crippen molar-refractivity contribution in [2.75, 3.05) is 38.1 Å². The number of aliphatic hydroxyl groups is 1. The first-order valence-corrected chi connectivity index (χ1v) is 17.1. The van der Waals surface area contributed by atoms with E-state index >= 15 is 0 Å². The highest BCUT2D eigenvalue weighted by Crippen LogP contribution is 2.29. The lowest BCUT2D eigenvalue weighted by molar-refractivity contribution is -0.0177. The van der Waals surface area contributed by atoms with E-state index in [1.807, 2.05) is 33.0 Å². The summed E-state index contributed by atoms with van der Waals surface area (Å²) in [5.74, 6) is -0.738. The standard InChI is InChI=1S/C34H45FN4O6S/c1-24-20-39(25(2)23-40)34(41)31-19-29(37-46(42,43)30-11-8-28(35)9-12-30)10-13-32(31)45-26(3)7-5-6-18-44-33(24)22-38(4)21-27-14-16-36-17-15-27/h8-17,19,24-26,33,37,40H,5-7,18,20-23H2,1-4H3/t24-,25-,26+,33-/m1/s1. The zero-order valence-electron chi connectivity index (χ0n) is 26.9. The number of anilines is 1. The highest BCUT2D eigenvalue weighted by Gasteiger charge is 2.30. The predicted molar refractivity (Wildman–Crippen MR) is 175 cm³/mol. The fraction of sp³-hybridized carbons (Fsp3) is 0.471. The molecule has 12 heteroatoms. The smallest absolute Gasteiger partial charge is 0.261 e. The molecule has 4 rings (SSSR count). The van der Waals surface area contributed by atoms with Crippen molar-refractivity contribution in [1.82, 2.24) is 14.8 Å². The van der Waals surface area contributed by atoms with Gasteiger partial charge in [-0.1, -0.05) is 6.92 Å². The number of ether oxygens (including phenoxy) is 2. The van der Waals surface area contributed by atoms with Crippen LogP contribution in [0.25, 0.3) is 0 Å². The molecule has 0 spiro atoms. The zero-order chi connectivity index (χ0) is 33.3. The van der Waals surface area contributed by atoms with Gasteiger partial charge >= 0.3 is 0 Å². The number of benzene rings is 2. The van der Waals surface area contributed by atoms with Crippen LogP contribution in [0.15, 0.2) is 71.9 Å². The van der Waals surface area contributed by atoms with Crippen LogP contribution >= 0.6 is 0 Å². The number of rotatable bonds is 9. The summed E-state index contributed by atoms with van der Waals surface area (Å²) >= 11 is 0. The quantitative estimate of drug-likeness (QED) is 0.332. The van der Waals surface area contributed by atoms with E-state index in [1.54, 1.807) is 30.3 Å². The maximum Gasteiger partial charge on any atom is 0.261 e. The third-order valence-corrected chi connectivity index (χ3v) is 9.52. The number of pyridine rings is 1. The molecular weight excluding hydrogens is 611 g/mol. The molecule has 46 heavy (non-hydrogen) atoms. The molecule has 2 aromatic carbocycles. The Labute approximate surface area is 271 Å². The molecule has 2 heterocycles. The molecule has 250 valence electrons. The number of nitrogens with one attached hydrogen (secondary N) is 1. The largest absolute Gasteiger partial charge is 0.490 e. The lowest BCUT2D eigenvalue weighted by Gasteiger charge is -2.36. The predicted octanol–water partition coefficient (Wildman–Crippen LogP) is 4.95. The molecule has 0 fully saturated rings. The highest BCUT2D eigenvalue weighted by molar-refractivity contribution is 7.92. The molecule has 1 amide bonds. The number of nitrogens with zero attached hydrogens (tertiary/aromatic N) is 3. The molecule has 0 saturated carbocycles. The molecule has 10 nitrogen and oxygen atoms in total. The number of amides is 1. The summed E-state index contributed by atoms with van der Waals surface area (Å²) in [4.78, 5) is 22.1. The van der Waals surface area contributed by atoms with Gasteiger partial charge in [-0.2, -0.15) is 0 Å². The van der Waals surface area contributed by atoms with Crippen LogP contribution in [0.3, 0.4) is 0 Å². The number of aliphatic hydroxyl groups excluding tert-OH is 1. The minimum Gasteiger partial charge on any atom is -0.490 e. The van der Waals surface area contributed by atoms with E-state index in [0.29, 0.717) is 25.4 Å². The number of halogens is 1. The van der Waals surface area contributed by atoms with Gasteiger partial charge in [0.05, 0.1) is 35.3 Å². The minimum atomic E-state index is -4.07. The number of carbonyl (C=O) groups excluding carboxylic acids is 1. The molecular formula is C34H45FN4O6S. The van der Waals surface area contributed by atoms with Crippen LogP contribution in [0.1, 0.15) is 56.0 Å². The minimum absolute atomic E-state index is 0.107. The average molecular weight is 657 g/mol. The average Bonchev–Trinajstić information content (AvgIpc) is 3.03. The molecule has 4 atom stereocenters. The number of hydrogen-bond donors (Lipinski definition) is 2. The van der Waals surface area contributed by atoms with Crippen molar-refractivity contribution < 1.29 is 32.2 Å². The molecule has 1 aliphatic heterocycles. The Morgan fingerprint density at radius 3 is 2.52 bits per heavy atom. The Kier molecular flexibility index (Phi) is 12.5. The van der Waals surface area contributed by atoms with E-state index in [9.17, 15) is 22.7 Å². The van der Waals surface area contributed by atoms with Gasteiger partial charge in [0.25, 0.3) is 15.9 Å². The van der Waals surface area contributed by atoms with Crippen LogP contribution in [0.5, 0.6) is 5.75 Å². The lowest BCUT2D eigenvalue weighted by atomic mass is 10.0. The number of hydrogen-bond acceptors (Lipinski definition) is 8. The van der Waals surface area contributed by atoms with Gasteiger partial charge in [-0.25, -0.2) is 12.8 Å². The maximum atomic E-state index is 14.3. The van der Waals surface area contributed by atoms with Crippen molar-refractivity contribution in [3.63, 3.8) is 0 Å². The Hall–Kier alpha value is -3.58. The summed E-state index contributed by atoms with van der Waals surface area (Å²) in [6.45, 7) is 7.66. The lowest BCUT2D eigenvalue weighted by Crippen LogP contribution is -2.47. The molecule has 3 aromatic rings. The van der Waals surface area contributed by atoms with Gasteiger partial charge in [-0.05, 0) is 100 Å². The summed E-state index contributed by atoms with van der Waals surface area (Å²) in [7, 11) is -2.03. The van der Waals surface area contributed by atoms with Crippen LogP contribution in [-0.2, 0) is 21.3 Å². The van der Waals surface area contributed by atoms with Crippen LogP contribution in [0, 0.1) is 11.7 Å². The third kappa shape index (κ3) is 9.71. The first-order chi connectivity index (χ1) is 22.0. The molecule has 0 radical (unpaired) electrons. The molecule has 0 bridgehead atoms. The van der Waals surface area contributed by atoms with Crippen LogP contribution in [0.2, 0.25) is 0 Å². The van der Waals surface area contributed by atoms with Crippen molar-refractivity contribution in [1.29, 1.82) is 0 Å². The van der Waals surface area contributed by atoms with E-state index in [-0.39, 0.29) is 47.4 Å². The number of aromatic nitrogens is 1. The van der Waals surface area contributed by atoms with Crippen LogP contribution in [0.4, 0.5) is 10.1 Å². The van der Waals surface area contributed by atoms with Crippen LogP contribution < -0.4 is 9.46 Å². The summed E-state index contributed by atoms with van der Waals surface area (Å²) in [5, 5.41) is 10.2. The molecule has 0 unspecified atom stereocenters. The van der Waals surface area contributed by atoms with E-state index < -0.39 is 27.8 Å². The summed E-state index contributed by atoms with van der Waals surface area (Å²) < 4.78 is 54.8. The van der Waals surface area contributed by atoms with Crippen molar-refractivity contribution in [2.24, 2.45) is 5.92 Å². The fourth-order valence-corrected chi connectivity index (χ4v) is 6.50. The van der Waals surface area contributed by atoms with Gasteiger partial charge in [0.1, 0.15) is 11.6 Å². The van der Waals surface area contributed by atoms with Crippen molar-refractivity contribution >= 4 is 21.6 Å². The molecule has 0 aliphatic carbocycles. The van der Waals surface area contributed by atoms with Crippen LogP contribution in [-0.4, -0.2) is 85.8 Å². The number of likely N-dealkylation sites (N-methyl/N-ethyl adjacent to an activating group) is 1. The van der Waals surface area contributed by atoms with Crippen molar-refractivity contribution in [2.45, 2.75) is 69.7 Å². The van der Waals surface area contributed by atoms with E-state index in [4.69, 9.17) is 9.47 Å². The molecule has 1 aliphatic rings. The molecule has 1 aromatic heterocycles. The Balaban J connectivity index is 1.64. The molecule has 2 N–H and O–H groups in total. The van der Waals surface area contributed by atoms with Gasteiger partial charge in [-0.15, -0.1) is 0 Å². The van der Waals surface area contributed by atoms with E-state index in [1.165, 1.54) is 24.3 Å². The second-order valence-electron chi connectivity index (χ2n) is 12.1. The topological polar surface area (TPSA) is 121 Å². The van der Waals surface area contributed by atoms with E-state index in [2.05, 4.69) is 14.6 Å². The van der Waals surface area contributed by atoms with Gasteiger partial charge in [0, 0.05) is 50.2 Å². The molecule has 0 saturated heterocycles. The Morgan fingerprint density at radius 2 is 1.83 bits per heavy atom. The first kappa shape index (κ1) is 35.3. The maximum absolute atomic E-state index is 14.3. The van der Waals surface area contributed by atoms with Crippen molar-refractivity contribution in [3.05, 3.63) is 83.9 Å². The van der Waals surface area contributed by atoms with Gasteiger partial charge < -0.3 is 19.5 Å². The highest BCUT2D eigenvalue weighted by atomic mass is 32.2. The number of fused-ring (bicyclic) bond motifs is 1. The van der Waals surface area contributed by atoms with Crippen molar-refractivity contribution in [3.8, 4) is 5.75 Å². The summed E-state index contributed by atoms with van der Waals surface area (Å²) in [6, 6.07) is 12.5. The van der Waals surface area contributed by atoms with E-state index in [0.717, 1.165) is 37.0 Å². The normalized spacial score (nSPS) is 20.8. The fourth-order valence-electron chi connectivity index (χ4n) is 5.45. The first-order valence-electron chi connectivity index (χ1n) is 15.7. The second kappa shape index (κ2) is 16.3. The van der Waals surface area contributed by atoms with Gasteiger partial charge in [0.2, 0.25) is 0 Å². The Morgan fingerprint density at radius 1 is 1.11 bits per heavy atom. The second-order valence-corrected chi connectivity index (χ2v) is 13.8. The number of carbonyl (C=O) groups is 1. The Bertz CT molecular complexity index is 1530. The van der Waals surface area contributed by atoms with Gasteiger partial charge in [-0.3, -0.25) is 19.4 Å². The summed E-state index contributed by atoms with van der Waals surface area (Å²) in [5.41, 5.74) is 1.45.